The smallest absolute Gasteiger partial charge is 0.482 e. The van der Waals surface area contributed by atoms with Gasteiger partial charge in [0.05, 0.1) is 12.7 Å². The van der Waals surface area contributed by atoms with Crippen LogP contribution in [0.2, 0.25) is 0 Å². The SMILES string of the molecule is O=C(O)C(F)(F)F.O=C(O)C(F)(F)F.O=C(O)COc1ccc(C2CCNCC2OCc2ccc3ccccc3c2)cc1. The number of carboxylic acids is 3. The maximum atomic E-state index is 10.6. The molecular formula is C28H27F6NO8. The summed E-state index contributed by atoms with van der Waals surface area (Å²) in [4.78, 5) is 28.4. The van der Waals surface area contributed by atoms with E-state index in [1.54, 1.807) is 0 Å². The largest absolute Gasteiger partial charge is 0.490 e. The number of piperidine rings is 1. The summed E-state index contributed by atoms with van der Waals surface area (Å²) < 4.78 is 75.0. The molecule has 9 nitrogen and oxygen atoms in total. The second kappa shape index (κ2) is 15.7. The Morgan fingerprint density at radius 3 is 1.91 bits per heavy atom. The molecule has 1 heterocycles. The maximum absolute atomic E-state index is 10.6. The molecule has 0 saturated carbocycles. The van der Waals surface area contributed by atoms with Gasteiger partial charge < -0.3 is 30.1 Å². The molecule has 3 aromatic rings. The van der Waals surface area contributed by atoms with Crippen molar-refractivity contribution in [2.24, 2.45) is 0 Å². The fourth-order valence-electron chi connectivity index (χ4n) is 3.87. The van der Waals surface area contributed by atoms with Crippen molar-refractivity contribution < 1.29 is 65.5 Å². The number of carbonyl (C=O) groups is 3. The first-order valence-electron chi connectivity index (χ1n) is 12.4. The van der Waals surface area contributed by atoms with Crippen molar-refractivity contribution in [1.29, 1.82) is 0 Å². The van der Waals surface area contributed by atoms with E-state index in [9.17, 15) is 31.1 Å². The third-order valence-corrected chi connectivity index (χ3v) is 5.86. The Kier molecular flexibility index (Phi) is 12.8. The third kappa shape index (κ3) is 12.2. The molecule has 0 spiro atoms. The zero-order valence-electron chi connectivity index (χ0n) is 22.2. The lowest BCUT2D eigenvalue weighted by Gasteiger charge is -2.32. The minimum Gasteiger partial charge on any atom is -0.482 e. The van der Waals surface area contributed by atoms with E-state index >= 15 is 0 Å². The average Bonchev–Trinajstić information content (AvgIpc) is 2.95. The van der Waals surface area contributed by atoms with Crippen LogP contribution in [0.5, 0.6) is 5.75 Å². The molecule has 15 heteroatoms. The Labute approximate surface area is 240 Å². The van der Waals surface area contributed by atoms with Crippen LogP contribution in [0.4, 0.5) is 26.3 Å². The van der Waals surface area contributed by atoms with Crippen LogP contribution < -0.4 is 10.1 Å². The van der Waals surface area contributed by atoms with E-state index in [1.165, 1.54) is 21.9 Å². The highest BCUT2D eigenvalue weighted by atomic mass is 19.4. The molecule has 1 aliphatic rings. The van der Waals surface area contributed by atoms with Gasteiger partial charge in [-0.25, -0.2) is 14.4 Å². The van der Waals surface area contributed by atoms with E-state index in [2.05, 4.69) is 47.8 Å². The van der Waals surface area contributed by atoms with Gasteiger partial charge in [-0.15, -0.1) is 0 Å². The molecule has 4 rings (SSSR count). The van der Waals surface area contributed by atoms with Gasteiger partial charge in [-0.2, -0.15) is 26.3 Å². The summed E-state index contributed by atoms with van der Waals surface area (Å²) >= 11 is 0. The Hall–Kier alpha value is -4.37. The summed E-state index contributed by atoms with van der Waals surface area (Å²) in [6.07, 6.45) is -9.08. The number of benzene rings is 3. The van der Waals surface area contributed by atoms with Crippen molar-refractivity contribution in [1.82, 2.24) is 5.32 Å². The number of hydrogen-bond donors (Lipinski definition) is 4. The van der Waals surface area contributed by atoms with Crippen LogP contribution in [-0.4, -0.2) is 71.4 Å². The number of nitrogens with one attached hydrogen (secondary N) is 1. The van der Waals surface area contributed by atoms with Crippen LogP contribution in [0.15, 0.2) is 66.7 Å². The monoisotopic (exact) mass is 619 g/mol. The zero-order chi connectivity index (χ0) is 32.2. The van der Waals surface area contributed by atoms with Crippen molar-refractivity contribution in [3.63, 3.8) is 0 Å². The standard InChI is InChI=1S/C24H25NO4.2C2HF3O2/c26-24(27)16-28-21-9-7-19(8-10-21)22-11-12-25-14-23(22)29-15-17-5-6-18-3-1-2-4-20(18)13-17;2*3-2(4,5)1(6)7/h1-10,13,22-23,25H,11-12,14-16H2,(H,26,27);2*(H,6,7). The summed E-state index contributed by atoms with van der Waals surface area (Å²) in [5.41, 5.74) is 2.36. The number of aliphatic carboxylic acids is 3. The van der Waals surface area contributed by atoms with Crippen LogP contribution >= 0.6 is 0 Å². The van der Waals surface area contributed by atoms with Crippen LogP contribution in [0.1, 0.15) is 23.5 Å². The molecule has 2 unspecified atom stereocenters. The Morgan fingerprint density at radius 1 is 0.814 bits per heavy atom. The molecule has 1 aliphatic heterocycles. The van der Waals surface area contributed by atoms with Crippen LogP contribution in [0.3, 0.4) is 0 Å². The van der Waals surface area contributed by atoms with Gasteiger partial charge in [0.2, 0.25) is 0 Å². The minimum atomic E-state index is -5.08. The molecule has 43 heavy (non-hydrogen) atoms. The lowest BCUT2D eigenvalue weighted by atomic mass is 9.87. The summed E-state index contributed by atoms with van der Waals surface area (Å²) in [7, 11) is 0. The van der Waals surface area contributed by atoms with Crippen molar-refractivity contribution >= 4 is 28.7 Å². The molecule has 0 amide bonds. The Morgan fingerprint density at radius 2 is 1.37 bits per heavy atom. The van der Waals surface area contributed by atoms with Crippen molar-refractivity contribution in [3.8, 4) is 5.75 Å². The number of hydrogen-bond acceptors (Lipinski definition) is 6. The fraction of sp³-hybridized carbons (Fsp3) is 0.321. The van der Waals surface area contributed by atoms with Crippen LogP contribution in [0.25, 0.3) is 10.8 Å². The first-order chi connectivity index (χ1) is 20.1. The molecular weight excluding hydrogens is 592 g/mol. The predicted molar refractivity (Wildman–Crippen MR) is 140 cm³/mol. The van der Waals surface area contributed by atoms with Gasteiger partial charge in [0.1, 0.15) is 5.75 Å². The Bertz CT molecular complexity index is 1340. The molecule has 0 aliphatic carbocycles. The third-order valence-electron chi connectivity index (χ3n) is 5.86. The topological polar surface area (TPSA) is 142 Å². The number of carboxylic acid groups (broad SMARTS) is 3. The highest BCUT2D eigenvalue weighted by molar-refractivity contribution is 5.83. The molecule has 3 aromatic carbocycles. The van der Waals surface area contributed by atoms with E-state index in [4.69, 9.17) is 34.4 Å². The lowest BCUT2D eigenvalue weighted by Crippen LogP contribution is -2.40. The molecule has 1 saturated heterocycles. The summed E-state index contributed by atoms with van der Waals surface area (Å²) in [5, 5.41) is 28.9. The van der Waals surface area contributed by atoms with E-state index < -0.39 is 30.3 Å². The van der Waals surface area contributed by atoms with Crippen molar-refractivity contribution in [2.45, 2.75) is 37.4 Å². The van der Waals surface area contributed by atoms with Gasteiger partial charge in [0.25, 0.3) is 0 Å². The molecule has 234 valence electrons. The first kappa shape index (κ1) is 34.8. The van der Waals surface area contributed by atoms with Gasteiger partial charge in [-0.3, -0.25) is 0 Å². The zero-order valence-corrected chi connectivity index (χ0v) is 22.2. The minimum absolute atomic E-state index is 0.0843. The van der Waals surface area contributed by atoms with Gasteiger partial charge in [-0.05, 0) is 53.1 Å². The number of ether oxygens (including phenoxy) is 2. The van der Waals surface area contributed by atoms with Crippen molar-refractivity contribution in [3.05, 3.63) is 77.9 Å². The molecule has 1 fully saturated rings. The van der Waals surface area contributed by atoms with E-state index in [0.717, 1.165) is 19.5 Å². The highest BCUT2D eigenvalue weighted by Crippen LogP contribution is 2.30. The summed E-state index contributed by atoms with van der Waals surface area (Å²) in [6, 6.07) is 22.5. The second-order valence-corrected chi connectivity index (χ2v) is 8.99. The van der Waals surface area contributed by atoms with Gasteiger partial charge >= 0.3 is 30.3 Å². The number of halogens is 6. The average molecular weight is 620 g/mol. The highest BCUT2D eigenvalue weighted by Gasteiger charge is 2.38. The summed E-state index contributed by atoms with van der Waals surface area (Å²) in [6.45, 7) is 2.02. The molecule has 0 bridgehead atoms. The van der Waals surface area contributed by atoms with E-state index in [1.807, 2.05) is 24.3 Å². The van der Waals surface area contributed by atoms with E-state index in [-0.39, 0.29) is 12.7 Å². The van der Waals surface area contributed by atoms with Crippen LogP contribution in [0, 0.1) is 0 Å². The van der Waals surface area contributed by atoms with Gasteiger partial charge in [0.15, 0.2) is 6.61 Å². The molecule has 0 radical (unpaired) electrons. The fourth-order valence-corrected chi connectivity index (χ4v) is 3.87. The number of alkyl halides is 6. The second-order valence-electron chi connectivity index (χ2n) is 8.99. The predicted octanol–water partition coefficient (Wildman–Crippen LogP) is 5.23. The number of rotatable bonds is 7. The normalized spacial score (nSPS) is 16.6. The summed E-state index contributed by atoms with van der Waals surface area (Å²) in [5.74, 6) is -5.63. The van der Waals surface area contributed by atoms with Gasteiger partial charge in [-0.1, -0.05) is 48.5 Å². The van der Waals surface area contributed by atoms with Crippen molar-refractivity contribution in [2.75, 3.05) is 19.7 Å². The van der Waals surface area contributed by atoms with Gasteiger partial charge in [0, 0.05) is 12.5 Å². The molecule has 0 aromatic heterocycles. The van der Waals surface area contributed by atoms with Crippen LogP contribution in [-0.2, 0) is 25.7 Å². The molecule has 4 N–H and O–H groups in total. The number of fused-ring (bicyclic) bond motifs is 1. The first-order valence-corrected chi connectivity index (χ1v) is 12.4. The maximum Gasteiger partial charge on any atom is 0.490 e. The molecule has 2 atom stereocenters. The lowest BCUT2D eigenvalue weighted by molar-refractivity contribution is -0.193. The van der Waals surface area contributed by atoms with E-state index in [0.29, 0.717) is 18.3 Å². The Balaban J connectivity index is 0.000000384. The quantitative estimate of drug-likeness (QED) is 0.262.